The van der Waals surface area contributed by atoms with Crippen molar-refractivity contribution in [1.29, 1.82) is 0 Å². The van der Waals surface area contributed by atoms with Crippen molar-refractivity contribution in [1.82, 2.24) is 29.6 Å². The number of nitrogens with zero attached hydrogens (tertiary/aromatic N) is 6. The van der Waals surface area contributed by atoms with Crippen LogP contribution in [0.25, 0.3) is 22.3 Å². The maximum Gasteiger partial charge on any atom is 0.410 e. The maximum absolute atomic E-state index is 13.4. The number of hydrogen-bond donors (Lipinski definition) is 1. The topological polar surface area (TPSA) is 115 Å². The standard InChI is InChI=1S/C33H49N7O3Si/c1-19(2)44(20(3)4,21(5)6)16-15-26-17-25(29-30-28(34-24(9)35-29)22(7)38-40(30)14)18-27(36-26)37-31(41)23(8)39(13)32(42)43-33(10,11)12/h17-21,23H,1-14H3,(H,36,37,41). The number of likely N-dealkylation sites (N-methyl/N-ethyl adjacent to an activating group) is 1. The second-order valence-corrected chi connectivity index (χ2v) is 19.1. The zero-order valence-electron chi connectivity index (χ0n) is 28.9. The lowest BCUT2D eigenvalue weighted by Crippen LogP contribution is -2.45. The van der Waals surface area contributed by atoms with Crippen molar-refractivity contribution in [2.75, 3.05) is 12.4 Å². The molecule has 3 aromatic heterocycles. The highest BCUT2D eigenvalue weighted by atomic mass is 28.3. The number of amides is 2. The molecule has 0 aliphatic rings. The highest BCUT2D eigenvalue weighted by Gasteiger charge is 2.41. The van der Waals surface area contributed by atoms with Gasteiger partial charge in [0.1, 0.15) is 53.8 Å². The van der Waals surface area contributed by atoms with Crippen molar-refractivity contribution in [3.63, 3.8) is 0 Å². The smallest absolute Gasteiger partial charge is 0.410 e. The monoisotopic (exact) mass is 619 g/mol. The summed E-state index contributed by atoms with van der Waals surface area (Å²) in [5.74, 6) is 3.95. The van der Waals surface area contributed by atoms with Crippen LogP contribution in [0.4, 0.5) is 10.6 Å². The Hall–Kier alpha value is -3.78. The Kier molecular flexibility index (Phi) is 10.3. The first kappa shape index (κ1) is 34.7. The van der Waals surface area contributed by atoms with E-state index in [1.807, 2.05) is 27.0 Å². The summed E-state index contributed by atoms with van der Waals surface area (Å²) in [7, 11) is 1.34. The van der Waals surface area contributed by atoms with Crippen LogP contribution in [0.5, 0.6) is 0 Å². The number of carbonyl (C=O) groups excluding carboxylic acids is 2. The number of hydrogen-bond acceptors (Lipinski definition) is 7. The molecule has 0 aromatic carbocycles. The van der Waals surface area contributed by atoms with Gasteiger partial charge >= 0.3 is 6.09 Å². The van der Waals surface area contributed by atoms with Crippen LogP contribution in [0, 0.1) is 25.3 Å². The third-order valence-electron chi connectivity index (χ3n) is 8.23. The molecule has 0 fully saturated rings. The maximum atomic E-state index is 13.4. The number of rotatable bonds is 7. The molecule has 0 saturated carbocycles. The highest BCUT2D eigenvalue weighted by molar-refractivity contribution is 6.90. The van der Waals surface area contributed by atoms with Crippen LogP contribution in [-0.2, 0) is 16.6 Å². The fourth-order valence-corrected chi connectivity index (χ4v) is 11.2. The van der Waals surface area contributed by atoms with E-state index in [2.05, 4.69) is 68.4 Å². The number of aromatic nitrogens is 5. The fourth-order valence-electron chi connectivity index (χ4n) is 5.95. The molecule has 1 unspecified atom stereocenters. The third-order valence-corrected chi connectivity index (χ3v) is 14.5. The van der Waals surface area contributed by atoms with Gasteiger partial charge in [0.2, 0.25) is 5.91 Å². The average Bonchev–Trinajstić information content (AvgIpc) is 3.18. The number of nitrogens with one attached hydrogen (secondary N) is 1. The number of aryl methyl sites for hydroxylation is 3. The Bertz CT molecular complexity index is 1590. The van der Waals surface area contributed by atoms with Gasteiger partial charge in [0.15, 0.2) is 0 Å². The van der Waals surface area contributed by atoms with E-state index in [1.165, 1.54) is 11.9 Å². The summed E-state index contributed by atoms with van der Waals surface area (Å²) in [4.78, 5) is 41.6. The van der Waals surface area contributed by atoms with Crippen molar-refractivity contribution >= 4 is 36.9 Å². The molecule has 2 amide bonds. The lowest BCUT2D eigenvalue weighted by molar-refractivity contribution is -0.120. The third kappa shape index (κ3) is 7.29. The second-order valence-electron chi connectivity index (χ2n) is 13.6. The van der Waals surface area contributed by atoms with Crippen LogP contribution in [0.2, 0.25) is 16.6 Å². The Balaban J connectivity index is 2.18. The normalized spacial score (nSPS) is 12.8. The molecule has 1 N–H and O–H groups in total. The van der Waals surface area contributed by atoms with Crippen molar-refractivity contribution in [3.05, 3.63) is 29.3 Å². The molecule has 0 bridgehead atoms. The minimum Gasteiger partial charge on any atom is -0.444 e. The lowest BCUT2D eigenvalue weighted by Gasteiger charge is -2.38. The van der Waals surface area contributed by atoms with Gasteiger partial charge in [-0.15, -0.1) is 5.54 Å². The number of pyridine rings is 1. The molecule has 0 radical (unpaired) electrons. The Morgan fingerprint density at radius 2 is 1.57 bits per heavy atom. The van der Waals surface area contributed by atoms with Gasteiger partial charge in [-0.25, -0.2) is 19.7 Å². The van der Waals surface area contributed by atoms with Crippen molar-refractivity contribution < 1.29 is 14.3 Å². The Morgan fingerprint density at radius 1 is 0.977 bits per heavy atom. The summed E-state index contributed by atoms with van der Waals surface area (Å²) in [6.07, 6.45) is -0.587. The Morgan fingerprint density at radius 3 is 2.11 bits per heavy atom. The van der Waals surface area contributed by atoms with E-state index >= 15 is 0 Å². The van der Waals surface area contributed by atoms with E-state index in [0.717, 1.165) is 22.3 Å². The van der Waals surface area contributed by atoms with Crippen molar-refractivity contribution in [2.45, 2.75) is 111 Å². The van der Waals surface area contributed by atoms with Gasteiger partial charge in [0.25, 0.3) is 0 Å². The summed E-state index contributed by atoms with van der Waals surface area (Å²) in [5, 5.41) is 7.50. The number of fused-ring (bicyclic) bond motifs is 1. The molecule has 10 nitrogen and oxygen atoms in total. The number of anilines is 1. The first-order chi connectivity index (χ1) is 20.3. The molecule has 0 spiro atoms. The number of ether oxygens (including phenoxy) is 1. The molecule has 3 rings (SSSR count). The van der Waals surface area contributed by atoms with Crippen LogP contribution in [0.15, 0.2) is 12.1 Å². The molecule has 3 aromatic rings. The predicted octanol–water partition coefficient (Wildman–Crippen LogP) is 6.81. The zero-order valence-corrected chi connectivity index (χ0v) is 29.9. The minimum absolute atomic E-state index is 0.315. The molecule has 44 heavy (non-hydrogen) atoms. The van der Waals surface area contributed by atoms with Gasteiger partial charge < -0.3 is 10.1 Å². The SMILES string of the molecule is Cc1nc(-c2cc(C#C[Si](C(C)C)(C(C)C)C(C)C)nc(NC(=O)C(C)N(C)C(=O)OC(C)(C)C)c2)c2c(n1)c(C)nn2C. The van der Waals surface area contributed by atoms with Gasteiger partial charge in [-0.05, 0) is 70.3 Å². The molecule has 0 aliphatic carbocycles. The van der Waals surface area contributed by atoms with Crippen molar-refractivity contribution in [3.8, 4) is 22.7 Å². The summed E-state index contributed by atoms with van der Waals surface area (Å²) in [6, 6.07) is 2.88. The van der Waals surface area contributed by atoms with E-state index in [4.69, 9.17) is 14.7 Å². The van der Waals surface area contributed by atoms with Gasteiger partial charge in [-0.1, -0.05) is 47.5 Å². The van der Waals surface area contributed by atoms with Crippen LogP contribution < -0.4 is 5.32 Å². The first-order valence-electron chi connectivity index (χ1n) is 15.3. The fraction of sp³-hybridized carbons (Fsp3) is 0.576. The van der Waals surface area contributed by atoms with Gasteiger partial charge in [0.05, 0.1) is 5.69 Å². The van der Waals surface area contributed by atoms with Crippen LogP contribution in [-0.4, -0.2) is 68.4 Å². The summed E-state index contributed by atoms with van der Waals surface area (Å²) >= 11 is 0. The molecule has 3 heterocycles. The molecule has 0 saturated heterocycles. The second kappa shape index (κ2) is 13.1. The van der Waals surface area contributed by atoms with Gasteiger partial charge in [-0.2, -0.15) is 5.10 Å². The van der Waals surface area contributed by atoms with Crippen LogP contribution in [0.3, 0.4) is 0 Å². The number of carbonyl (C=O) groups is 2. The molecule has 1 atom stereocenters. The van der Waals surface area contributed by atoms with E-state index in [0.29, 0.717) is 39.7 Å². The molecule has 238 valence electrons. The minimum atomic E-state index is -2.07. The molecule has 11 heteroatoms. The highest BCUT2D eigenvalue weighted by Crippen LogP contribution is 2.41. The summed E-state index contributed by atoms with van der Waals surface area (Å²) in [5.41, 5.74) is 8.70. The van der Waals surface area contributed by atoms with E-state index in [9.17, 15) is 9.59 Å². The largest absolute Gasteiger partial charge is 0.444 e. The lowest BCUT2D eigenvalue weighted by atomic mass is 10.1. The summed E-state index contributed by atoms with van der Waals surface area (Å²) < 4.78 is 7.23. The average molecular weight is 620 g/mol. The van der Waals surface area contributed by atoms with Gasteiger partial charge in [0, 0.05) is 19.7 Å². The van der Waals surface area contributed by atoms with Crippen molar-refractivity contribution in [2.24, 2.45) is 7.05 Å². The van der Waals surface area contributed by atoms with E-state index in [-0.39, 0.29) is 0 Å². The summed E-state index contributed by atoms with van der Waals surface area (Å²) in [6.45, 7) is 24.4. The predicted molar refractivity (Wildman–Crippen MR) is 179 cm³/mol. The molecular weight excluding hydrogens is 570 g/mol. The molecular formula is C33H49N7O3Si. The first-order valence-corrected chi connectivity index (χ1v) is 17.5. The Labute approximate surface area is 263 Å². The van der Waals surface area contributed by atoms with E-state index in [1.54, 1.807) is 38.4 Å². The quantitative estimate of drug-likeness (QED) is 0.228. The van der Waals surface area contributed by atoms with Gasteiger partial charge in [-0.3, -0.25) is 14.4 Å². The van der Waals surface area contributed by atoms with E-state index < -0.39 is 31.7 Å². The zero-order chi connectivity index (χ0) is 33.3. The van der Waals surface area contributed by atoms with Crippen LogP contribution >= 0.6 is 0 Å². The van der Waals surface area contributed by atoms with Crippen LogP contribution in [0.1, 0.15) is 86.4 Å². The molecule has 0 aliphatic heterocycles.